The summed E-state index contributed by atoms with van der Waals surface area (Å²) in [4.78, 5) is 0. The van der Waals surface area contributed by atoms with Gasteiger partial charge in [0.05, 0.1) is 20.5 Å². The topological polar surface area (TPSA) is 0 Å². The smallest absolute Gasteiger partial charge is 0.0620 e. The Labute approximate surface area is 200 Å². The molecule has 0 fully saturated rings. The molecule has 0 saturated heterocycles. The van der Waals surface area contributed by atoms with Gasteiger partial charge in [-0.15, -0.1) is 22.7 Å². The first-order chi connectivity index (χ1) is 15.1. The van der Waals surface area contributed by atoms with E-state index in [1.165, 1.54) is 20.5 Å². The van der Waals surface area contributed by atoms with Crippen molar-refractivity contribution in [3.05, 3.63) is 92.7 Å². The maximum absolute atomic E-state index is 3.37. The molecule has 0 aliphatic carbocycles. The number of hydrogen-bond donors (Lipinski definition) is 0. The van der Waals surface area contributed by atoms with Crippen molar-refractivity contribution in [2.75, 3.05) is 0 Å². The van der Waals surface area contributed by atoms with Crippen molar-refractivity contribution in [3.8, 4) is 23.7 Å². The van der Waals surface area contributed by atoms with Gasteiger partial charge in [-0.05, 0) is 46.2 Å². The van der Waals surface area contributed by atoms with Crippen molar-refractivity contribution in [2.45, 2.75) is 52.4 Å². The molecule has 0 amide bonds. The summed E-state index contributed by atoms with van der Waals surface area (Å²) in [5, 5.41) is 4.31. The third kappa shape index (κ3) is 4.99. The molecule has 4 aromatic rings. The van der Waals surface area contributed by atoms with E-state index in [2.05, 4.69) is 125 Å². The third-order valence-electron chi connectivity index (χ3n) is 5.47. The highest BCUT2D eigenvalue weighted by molar-refractivity contribution is 7.26. The first kappa shape index (κ1) is 22.4. The zero-order valence-corrected chi connectivity index (χ0v) is 21.2. The van der Waals surface area contributed by atoms with Crippen LogP contribution in [0.1, 0.15) is 74.9 Å². The zero-order valence-electron chi connectivity index (χ0n) is 19.6. The number of benzene rings is 2. The second kappa shape index (κ2) is 8.63. The lowest BCUT2D eigenvalue weighted by molar-refractivity contribution is 0.590. The molecule has 0 aliphatic rings. The van der Waals surface area contributed by atoms with Gasteiger partial charge >= 0.3 is 0 Å². The molecule has 0 N–H and O–H groups in total. The van der Waals surface area contributed by atoms with E-state index in [4.69, 9.17) is 0 Å². The number of thiophene rings is 2. The summed E-state index contributed by atoms with van der Waals surface area (Å²) in [6, 6.07) is 17.2. The van der Waals surface area contributed by atoms with Crippen LogP contribution in [0.5, 0.6) is 0 Å². The van der Waals surface area contributed by atoms with Crippen molar-refractivity contribution < 1.29 is 0 Å². The van der Waals surface area contributed by atoms with E-state index >= 15 is 0 Å². The minimum Gasteiger partial charge on any atom is -0.140 e. The van der Waals surface area contributed by atoms with E-state index in [9.17, 15) is 0 Å². The number of fused-ring (bicyclic) bond motifs is 1. The van der Waals surface area contributed by atoms with Crippen LogP contribution in [-0.2, 0) is 10.8 Å². The van der Waals surface area contributed by atoms with Crippen molar-refractivity contribution >= 4 is 32.1 Å². The fourth-order valence-electron chi connectivity index (χ4n) is 3.38. The zero-order chi connectivity index (χ0) is 22.9. The Hall–Kier alpha value is -2.78. The van der Waals surface area contributed by atoms with E-state index in [1.54, 1.807) is 22.7 Å². The molecule has 2 aromatic carbocycles. The predicted molar refractivity (Wildman–Crippen MR) is 142 cm³/mol. The van der Waals surface area contributed by atoms with Crippen LogP contribution in [0.25, 0.3) is 9.40 Å². The Morgan fingerprint density at radius 2 is 0.844 bits per heavy atom. The average Bonchev–Trinajstić information content (AvgIpc) is 3.32. The van der Waals surface area contributed by atoms with Gasteiger partial charge in [-0.2, -0.15) is 0 Å². The quantitative estimate of drug-likeness (QED) is 0.235. The van der Waals surface area contributed by atoms with Gasteiger partial charge in [0.1, 0.15) is 0 Å². The van der Waals surface area contributed by atoms with Crippen molar-refractivity contribution in [3.63, 3.8) is 0 Å². The monoisotopic (exact) mass is 452 g/mol. The van der Waals surface area contributed by atoms with Gasteiger partial charge < -0.3 is 0 Å². The van der Waals surface area contributed by atoms with E-state index in [0.29, 0.717) is 0 Å². The highest BCUT2D eigenvalue weighted by atomic mass is 32.1. The highest BCUT2D eigenvalue weighted by Crippen LogP contribution is 2.34. The van der Waals surface area contributed by atoms with Gasteiger partial charge in [0, 0.05) is 21.9 Å². The first-order valence-corrected chi connectivity index (χ1v) is 12.6. The van der Waals surface area contributed by atoms with Crippen LogP contribution in [0.3, 0.4) is 0 Å². The summed E-state index contributed by atoms with van der Waals surface area (Å²) in [5.74, 6) is 13.4. The van der Waals surface area contributed by atoms with E-state index in [1.807, 2.05) is 0 Å². The van der Waals surface area contributed by atoms with Gasteiger partial charge in [-0.1, -0.05) is 89.5 Å². The molecule has 32 heavy (non-hydrogen) atoms. The van der Waals surface area contributed by atoms with Gasteiger partial charge in [-0.3, -0.25) is 0 Å². The van der Waals surface area contributed by atoms with Gasteiger partial charge in [-0.25, -0.2) is 0 Å². The summed E-state index contributed by atoms with van der Waals surface area (Å²) in [7, 11) is 0. The van der Waals surface area contributed by atoms with E-state index in [0.717, 1.165) is 22.3 Å². The molecule has 0 atom stereocenters. The molecular formula is C30H28S2. The van der Waals surface area contributed by atoms with Crippen molar-refractivity contribution in [2.24, 2.45) is 0 Å². The van der Waals surface area contributed by atoms with Crippen LogP contribution in [0.2, 0.25) is 0 Å². The maximum atomic E-state index is 3.37. The largest absolute Gasteiger partial charge is 0.140 e. The molecule has 0 unspecified atom stereocenters. The first-order valence-electron chi connectivity index (χ1n) is 10.8. The summed E-state index contributed by atoms with van der Waals surface area (Å²) in [5.41, 5.74) is 7.27. The normalized spacial score (nSPS) is 11.6. The van der Waals surface area contributed by atoms with Crippen molar-refractivity contribution in [1.82, 2.24) is 0 Å². The standard InChI is InChI=1S/C30H28S2/c1-29(2,3)25-15-9-21(10-16-25)7-13-23-19-31-28-24(20-32-27(23)28)14-8-22-11-17-26(18-12-22)30(4,5)6/h9-12,15-20H,1-6H3. The molecular weight excluding hydrogens is 424 g/mol. The second-order valence-corrected chi connectivity index (χ2v) is 11.9. The minimum absolute atomic E-state index is 0.161. The van der Waals surface area contributed by atoms with Gasteiger partial charge in [0.2, 0.25) is 0 Å². The molecule has 4 rings (SSSR count). The minimum atomic E-state index is 0.161. The molecule has 2 heterocycles. The Morgan fingerprint density at radius 3 is 1.16 bits per heavy atom. The van der Waals surface area contributed by atoms with Crippen LogP contribution in [0.15, 0.2) is 59.3 Å². The number of hydrogen-bond acceptors (Lipinski definition) is 2. The Kier molecular flexibility index (Phi) is 6.05. The molecule has 0 radical (unpaired) electrons. The molecule has 0 spiro atoms. The van der Waals surface area contributed by atoms with Crippen LogP contribution < -0.4 is 0 Å². The van der Waals surface area contributed by atoms with Crippen molar-refractivity contribution in [1.29, 1.82) is 0 Å². The van der Waals surface area contributed by atoms with E-state index < -0.39 is 0 Å². The van der Waals surface area contributed by atoms with E-state index in [-0.39, 0.29) is 10.8 Å². The molecule has 160 valence electrons. The fourth-order valence-corrected chi connectivity index (χ4v) is 5.55. The highest BCUT2D eigenvalue weighted by Gasteiger charge is 2.13. The summed E-state index contributed by atoms with van der Waals surface area (Å²) in [6.07, 6.45) is 0. The lowest BCUT2D eigenvalue weighted by atomic mass is 9.87. The van der Waals surface area contributed by atoms with Gasteiger partial charge in [0.15, 0.2) is 0 Å². The molecule has 0 nitrogen and oxygen atoms in total. The average molecular weight is 453 g/mol. The van der Waals surface area contributed by atoms with Crippen LogP contribution in [0, 0.1) is 23.7 Å². The molecule has 2 heteroatoms. The van der Waals surface area contributed by atoms with Crippen LogP contribution >= 0.6 is 22.7 Å². The Balaban J connectivity index is 1.55. The number of rotatable bonds is 0. The Morgan fingerprint density at radius 1 is 0.500 bits per heavy atom. The summed E-state index contributed by atoms with van der Waals surface area (Å²) in [6.45, 7) is 13.4. The second-order valence-electron chi connectivity index (χ2n) is 10.1. The Bertz CT molecular complexity index is 1250. The summed E-state index contributed by atoms with van der Waals surface area (Å²) >= 11 is 3.47. The van der Waals surface area contributed by atoms with Gasteiger partial charge in [0.25, 0.3) is 0 Å². The lowest BCUT2D eigenvalue weighted by Gasteiger charge is -2.18. The molecule has 0 bridgehead atoms. The third-order valence-corrected chi connectivity index (χ3v) is 7.63. The summed E-state index contributed by atoms with van der Waals surface area (Å²) < 4.78 is 2.47. The molecule has 0 aliphatic heterocycles. The van der Waals surface area contributed by atoms with Crippen LogP contribution in [-0.4, -0.2) is 0 Å². The SMILES string of the molecule is CC(C)(C)c1ccc(C#Cc2csc3c(C#Cc4ccc(C(C)(C)C)cc4)csc23)cc1. The fraction of sp³-hybridized carbons (Fsp3) is 0.267. The molecule has 2 aromatic heterocycles. The predicted octanol–water partition coefficient (Wildman–Crippen LogP) is 8.36. The maximum Gasteiger partial charge on any atom is 0.0620 e. The van der Waals surface area contributed by atoms with Crippen LogP contribution in [0.4, 0.5) is 0 Å². The molecule has 0 saturated carbocycles. The lowest BCUT2D eigenvalue weighted by Crippen LogP contribution is -2.10.